The number of aliphatic hydroxyl groups excluding tert-OH is 1. The first-order valence-corrected chi connectivity index (χ1v) is 11.5. The fraction of sp³-hybridized carbons (Fsp3) is 0.360. The maximum absolute atomic E-state index is 13.1. The minimum atomic E-state index is -0.652. The van der Waals surface area contributed by atoms with Crippen LogP contribution in [-0.2, 0) is 20.7 Å². The summed E-state index contributed by atoms with van der Waals surface area (Å²) in [5, 5.41) is 11.2. The van der Waals surface area contributed by atoms with Crippen LogP contribution in [0.15, 0.2) is 52.5 Å². The Kier molecular flexibility index (Phi) is 6.30. The topological polar surface area (TPSA) is 66.8 Å². The summed E-state index contributed by atoms with van der Waals surface area (Å²) in [6.07, 6.45) is 2.61. The standard InChI is InChI=1S/C25H26BrNO4/c1-3-16-6-8-17(9-7-16)22-21(23(28)18-10-11-20(26)15(2)13-18)24(29)25(30)27(22)14-19-5-4-12-31-19/h6-11,13,19,22,28H,3-5,12,14H2,1-2H3/b23-21-. The highest BCUT2D eigenvalue weighted by atomic mass is 79.9. The molecule has 2 fully saturated rings. The Morgan fingerprint density at radius 3 is 2.55 bits per heavy atom. The van der Waals surface area contributed by atoms with Crippen LogP contribution in [0.5, 0.6) is 0 Å². The molecule has 31 heavy (non-hydrogen) atoms. The molecule has 2 atom stereocenters. The average Bonchev–Trinajstić information content (AvgIpc) is 3.38. The van der Waals surface area contributed by atoms with E-state index in [1.54, 1.807) is 11.0 Å². The van der Waals surface area contributed by atoms with Crippen LogP contribution in [0.4, 0.5) is 0 Å². The van der Waals surface area contributed by atoms with Gasteiger partial charge in [-0.3, -0.25) is 9.59 Å². The van der Waals surface area contributed by atoms with Gasteiger partial charge in [0.15, 0.2) is 0 Å². The molecule has 0 aromatic heterocycles. The van der Waals surface area contributed by atoms with E-state index in [0.717, 1.165) is 34.9 Å². The van der Waals surface area contributed by atoms with Crippen LogP contribution in [0, 0.1) is 6.92 Å². The summed E-state index contributed by atoms with van der Waals surface area (Å²) in [7, 11) is 0. The van der Waals surface area contributed by atoms with Gasteiger partial charge in [0.2, 0.25) is 0 Å². The van der Waals surface area contributed by atoms with Crippen LogP contribution in [0.25, 0.3) is 5.76 Å². The number of carbonyl (C=O) groups excluding carboxylic acids is 2. The van der Waals surface area contributed by atoms with Gasteiger partial charge in [-0.1, -0.05) is 53.2 Å². The molecule has 1 amide bonds. The minimum absolute atomic E-state index is 0.0921. The largest absolute Gasteiger partial charge is 0.507 e. The van der Waals surface area contributed by atoms with Gasteiger partial charge in [0, 0.05) is 23.2 Å². The normalized spacial score (nSPS) is 23.0. The van der Waals surface area contributed by atoms with Gasteiger partial charge >= 0.3 is 0 Å². The number of hydrogen-bond donors (Lipinski definition) is 1. The van der Waals surface area contributed by atoms with Crippen LogP contribution in [0.1, 0.15) is 48.1 Å². The Hall–Kier alpha value is -2.44. The Labute approximate surface area is 190 Å². The molecular weight excluding hydrogens is 458 g/mol. The highest BCUT2D eigenvalue weighted by Gasteiger charge is 2.47. The second-order valence-electron chi connectivity index (χ2n) is 8.15. The number of ketones is 1. The molecule has 2 aromatic rings. The number of hydrogen-bond acceptors (Lipinski definition) is 4. The average molecular weight is 484 g/mol. The number of likely N-dealkylation sites (tertiary alicyclic amines) is 1. The lowest BCUT2D eigenvalue weighted by Crippen LogP contribution is -2.36. The third-order valence-electron chi connectivity index (χ3n) is 6.10. The number of nitrogens with zero attached hydrogens (tertiary/aromatic N) is 1. The Bertz CT molecular complexity index is 1040. The van der Waals surface area contributed by atoms with Crippen LogP contribution in [0.3, 0.4) is 0 Å². The summed E-state index contributed by atoms with van der Waals surface area (Å²) in [4.78, 5) is 27.7. The Morgan fingerprint density at radius 2 is 1.94 bits per heavy atom. The lowest BCUT2D eigenvalue weighted by molar-refractivity contribution is -0.140. The number of halogens is 1. The molecule has 162 valence electrons. The molecule has 0 bridgehead atoms. The van der Waals surface area contributed by atoms with Gasteiger partial charge in [-0.15, -0.1) is 0 Å². The quantitative estimate of drug-likeness (QED) is 0.372. The van der Waals surface area contributed by atoms with E-state index in [1.807, 2.05) is 43.3 Å². The van der Waals surface area contributed by atoms with Gasteiger partial charge < -0.3 is 14.7 Å². The van der Waals surface area contributed by atoms with Crippen LogP contribution >= 0.6 is 15.9 Å². The monoisotopic (exact) mass is 483 g/mol. The zero-order valence-electron chi connectivity index (χ0n) is 17.7. The van der Waals surface area contributed by atoms with Crippen molar-refractivity contribution in [3.63, 3.8) is 0 Å². The summed E-state index contributed by atoms with van der Waals surface area (Å²) in [6, 6.07) is 12.6. The van der Waals surface area contributed by atoms with Crippen molar-refractivity contribution in [3.05, 3.63) is 74.8 Å². The number of benzene rings is 2. The van der Waals surface area contributed by atoms with Crippen molar-refractivity contribution < 1.29 is 19.4 Å². The van der Waals surface area contributed by atoms with Gasteiger partial charge in [0.1, 0.15) is 5.76 Å². The summed E-state index contributed by atoms with van der Waals surface area (Å²) in [6.45, 7) is 5.00. The van der Waals surface area contributed by atoms with Crippen molar-refractivity contribution >= 4 is 33.4 Å². The second-order valence-corrected chi connectivity index (χ2v) is 9.00. The van der Waals surface area contributed by atoms with Crippen LogP contribution in [0.2, 0.25) is 0 Å². The van der Waals surface area contributed by atoms with E-state index < -0.39 is 17.7 Å². The molecule has 0 radical (unpaired) electrons. The Balaban J connectivity index is 1.82. The van der Waals surface area contributed by atoms with E-state index in [9.17, 15) is 14.7 Å². The summed E-state index contributed by atoms with van der Waals surface area (Å²) in [5.74, 6) is -1.38. The molecule has 2 aromatic carbocycles. The lowest BCUT2D eigenvalue weighted by Gasteiger charge is -2.27. The molecule has 0 saturated carbocycles. The van der Waals surface area contributed by atoms with Gasteiger partial charge in [0.25, 0.3) is 11.7 Å². The van der Waals surface area contributed by atoms with Crippen molar-refractivity contribution in [3.8, 4) is 0 Å². The number of rotatable bonds is 5. The fourth-order valence-electron chi connectivity index (χ4n) is 4.31. The third-order valence-corrected chi connectivity index (χ3v) is 6.99. The molecule has 2 aliphatic rings. The van der Waals surface area contributed by atoms with E-state index in [0.29, 0.717) is 18.7 Å². The van der Waals surface area contributed by atoms with E-state index in [4.69, 9.17) is 4.74 Å². The van der Waals surface area contributed by atoms with Gasteiger partial charge in [-0.25, -0.2) is 0 Å². The number of carbonyl (C=O) groups is 2. The molecule has 5 nitrogen and oxygen atoms in total. The first-order valence-electron chi connectivity index (χ1n) is 10.7. The second kappa shape index (κ2) is 8.97. The number of Topliss-reactive ketones (excluding diaryl/α,β-unsaturated/α-hetero) is 1. The maximum Gasteiger partial charge on any atom is 0.295 e. The first kappa shape index (κ1) is 21.8. The van der Waals surface area contributed by atoms with E-state index in [1.165, 1.54) is 5.56 Å². The molecule has 2 saturated heterocycles. The zero-order chi connectivity index (χ0) is 22.1. The molecule has 1 N–H and O–H groups in total. The molecule has 2 unspecified atom stereocenters. The van der Waals surface area contributed by atoms with Crippen LogP contribution in [-0.4, -0.2) is 41.0 Å². The fourth-order valence-corrected chi connectivity index (χ4v) is 4.55. The van der Waals surface area contributed by atoms with Crippen molar-refractivity contribution in [1.29, 1.82) is 0 Å². The molecule has 2 aliphatic heterocycles. The minimum Gasteiger partial charge on any atom is -0.507 e. The van der Waals surface area contributed by atoms with Crippen molar-refractivity contribution in [2.24, 2.45) is 0 Å². The van der Waals surface area contributed by atoms with Crippen LogP contribution < -0.4 is 0 Å². The number of aryl methyl sites for hydroxylation is 2. The van der Waals surface area contributed by atoms with Gasteiger partial charge in [-0.05, 0) is 55.0 Å². The van der Waals surface area contributed by atoms with Crippen molar-refractivity contribution in [1.82, 2.24) is 4.90 Å². The third kappa shape index (κ3) is 4.19. The molecule has 0 spiro atoms. The summed E-state index contributed by atoms with van der Waals surface area (Å²) >= 11 is 3.46. The molecule has 6 heteroatoms. The van der Waals surface area contributed by atoms with Gasteiger partial charge in [-0.2, -0.15) is 0 Å². The molecule has 0 aliphatic carbocycles. The number of amides is 1. The maximum atomic E-state index is 13.1. The molecule has 4 rings (SSSR count). The summed E-state index contributed by atoms with van der Waals surface area (Å²) < 4.78 is 6.65. The summed E-state index contributed by atoms with van der Waals surface area (Å²) in [5.41, 5.74) is 3.56. The van der Waals surface area contributed by atoms with Gasteiger partial charge in [0.05, 0.1) is 17.7 Å². The Morgan fingerprint density at radius 1 is 1.19 bits per heavy atom. The lowest BCUT2D eigenvalue weighted by atomic mass is 9.94. The smallest absolute Gasteiger partial charge is 0.295 e. The number of aliphatic hydroxyl groups is 1. The number of ether oxygens (including phenoxy) is 1. The molecule has 2 heterocycles. The van der Waals surface area contributed by atoms with E-state index in [2.05, 4.69) is 22.9 Å². The predicted molar refractivity (Wildman–Crippen MR) is 123 cm³/mol. The highest BCUT2D eigenvalue weighted by Crippen LogP contribution is 2.40. The van der Waals surface area contributed by atoms with Crippen molar-refractivity contribution in [2.45, 2.75) is 45.3 Å². The zero-order valence-corrected chi connectivity index (χ0v) is 19.3. The first-order chi connectivity index (χ1) is 14.9. The van der Waals surface area contributed by atoms with Crippen molar-refractivity contribution in [2.75, 3.05) is 13.2 Å². The highest BCUT2D eigenvalue weighted by molar-refractivity contribution is 9.10. The predicted octanol–water partition coefficient (Wildman–Crippen LogP) is 4.92. The SMILES string of the molecule is CCc1ccc(C2/C(=C(/O)c3ccc(Br)c(C)c3)C(=O)C(=O)N2CC2CCCO2)cc1. The molecular formula is C25H26BrNO4. The van der Waals surface area contributed by atoms with E-state index >= 15 is 0 Å². The van der Waals surface area contributed by atoms with E-state index in [-0.39, 0.29) is 17.4 Å².